The van der Waals surface area contributed by atoms with Gasteiger partial charge in [0.15, 0.2) is 17.5 Å². The minimum absolute atomic E-state index is 0.116. The fraction of sp³-hybridized carbons (Fsp3) is 0.190. The molecule has 7 heteroatoms. The highest BCUT2D eigenvalue weighted by Crippen LogP contribution is 2.19. The maximum Gasteiger partial charge on any atom is 0.274 e. The van der Waals surface area contributed by atoms with E-state index in [4.69, 9.17) is 0 Å². The number of carbonyl (C=O) groups excluding carboxylic acids is 1. The summed E-state index contributed by atoms with van der Waals surface area (Å²) >= 11 is 0. The number of carbonyl (C=O) groups is 1. The molecule has 0 fully saturated rings. The Morgan fingerprint density at radius 3 is 2.43 bits per heavy atom. The van der Waals surface area contributed by atoms with Gasteiger partial charge >= 0.3 is 0 Å². The third-order valence-corrected chi connectivity index (χ3v) is 3.86. The van der Waals surface area contributed by atoms with Crippen molar-refractivity contribution in [2.24, 2.45) is 5.92 Å². The van der Waals surface area contributed by atoms with Gasteiger partial charge in [0, 0.05) is 29.9 Å². The van der Waals surface area contributed by atoms with E-state index < -0.39 is 17.5 Å². The summed E-state index contributed by atoms with van der Waals surface area (Å²) in [5.74, 6) is -1.27. The van der Waals surface area contributed by atoms with E-state index in [0.29, 0.717) is 24.1 Å². The lowest BCUT2D eigenvalue weighted by Gasteiger charge is -2.12. The van der Waals surface area contributed by atoms with E-state index >= 15 is 0 Å². The number of nitrogens with one attached hydrogen (secondary N) is 2. The molecular formula is C21H20F2N4O. The monoisotopic (exact) mass is 382 g/mol. The molecule has 3 rings (SSSR count). The lowest BCUT2D eigenvalue weighted by molar-refractivity contribution is 0.102. The molecule has 0 aliphatic rings. The second kappa shape index (κ2) is 8.56. The van der Waals surface area contributed by atoms with Crippen LogP contribution in [0.25, 0.3) is 11.4 Å². The average molecular weight is 382 g/mol. The minimum atomic E-state index is -1.04. The Kier molecular flexibility index (Phi) is 5.93. The molecule has 1 heterocycles. The number of hydrogen-bond acceptors (Lipinski definition) is 4. The van der Waals surface area contributed by atoms with Crippen molar-refractivity contribution in [1.82, 2.24) is 9.97 Å². The van der Waals surface area contributed by atoms with Crippen molar-refractivity contribution in [2.45, 2.75) is 13.8 Å². The Morgan fingerprint density at radius 1 is 1.00 bits per heavy atom. The van der Waals surface area contributed by atoms with Crippen LogP contribution in [0.5, 0.6) is 0 Å². The van der Waals surface area contributed by atoms with Crippen molar-refractivity contribution in [3.05, 3.63) is 71.9 Å². The van der Waals surface area contributed by atoms with Crippen LogP contribution >= 0.6 is 0 Å². The molecule has 0 atom stereocenters. The molecule has 0 aliphatic heterocycles. The van der Waals surface area contributed by atoms with Crippen LogP contribution in [0.2, 0.25) is 0 Å². The van der Waals surface area contributed by atoms with Crippen LogP contribution in [0.4, 0.5) is 20.3 Å². The Hall–Kier alpha value is -3.35. The number of nitrogens with zero attached hydrogens (tertiary/aromatic N) is 2. The first-order chi connectivity index (χ1) is 13.4. The van der Waals surface area contributed by atoms with Crippen LogP contribution in [0, 0.1) is 17.6 Å². The van der Waals surface area contributed by atoms with Gasteiger partial charge in [0.2, 0.25) is 0 Å². The van der Waals surface area contributed by atoms with E-state index in [-0.39, 0.29) is 11.4 Å². The van der Waals surface area contributed by atoms with Crippen LogP contribution in [-0.4, -0.2) is 22.4 Å². The van der Waals surface area contributed by atoms with Crippen LogP contribution < -0.4 is 10.6 Å². The lowest BCUT2D eigenvalue weighted by atomic mass is 10.2. The predicted octanol–water partition coefficient (Wildman–Crippen LogP) is 4.74. The van der Waals surface area contributed by atoms with Crippen molar-refractivity contribution in [3.8, 4) is 11.4 Å². The van der Waals surface area contributed by atoms with Crippen molar-refractivity contribution in [3.63, 3.8) is 0 Å². The molecule has 0 radical (unpaired) electrons. The second-order valence-electron chi connectivity index (χ2n) is 6.69. The maximum absolute atomic E-state index is 13.4. The molecule has 0 saturated heterocycles. The highest BCUT2D eigenvalue weighted by molar-refractivity contribution is 6.03. The molecule has 28 heavy (non-hydrogen) atoms. The molecular weight excluding hydrogens is 362 g/mol. The van der Waals surface area contributed by atoms with Gasteiger partial charge in [0.1, 0.15) is 11.5 Å². The third-order valence-electron chi connectivity index (χ3n) is 3.86. The van der Waals surface area contributed by atoms with Crippen LogP contribution in [0.3, 0.4) is 0 Å². The van der Waals surface area contributed by atoms with Crippen LogP contribution in [-0.2, 0) is 0 Å². The quantitative estimate of drug-likeness (QED) is 0.646. The molecule has 0 spiro atoms. The van der Waals surface area contributed by atoms with E-state index in [1.807, 2.05) is 30.3 Å². The Bertz CT molecular complexity index is 977. The first-order valence-corrected chi connectivity index (χ1v) is 8.87. The van der Waals surface area contributed by atoms with Crippen LogP contribution in [0.1, 0.15) is 24.3 Å². The molecule has 0 saturated carbocycles. The first kappa shape index (κ1) is 19.4. The highest BCUT2D eigenvalue weighted by atomic mass is 19.2. The van der Waals surface area contributed by atoms with E-state index in [1.54, 1.807) is 0 Å². The standard InChI is InChI=1S/C21H20F2N4O/c1-13(2)12-24-19-11-18(26-20(27-19)14-6-4-3-5-7-14)21(28)25-15-8-9-16(22)17(23)10-15/h3-11,13H,12H2,1-2H3,(H,25,28)(H,24,26,27). The zero-order chi connectivity index (χ0) is 20.1. The summed E-state index contributed by atoms with van der Waals surface area (Å²) < 4.78 is 26.5. The van der Waals surface area contributed by atoms with E-state index in [2.05, 4.69) is 34.4 Å². The highest BCUT2D eigenvalue weighted by Gasteiger charge is 2.14. The third kappa shape index (κ3) is 4.88. The van der Waals surface area contributed by atoms with Gasteiger partial charge in [0.25, 0.3) is 5.91 Å². The fourth-order valence-corrected chi connectivity index (χ4v) is 2.45. The van der Waals surface area contributed by atoms with Gasteiger partial charge in [-0.3, -0.25) is 4.79 Å². The topological polar surface area (TPSA) is 66.9 Å². The van der Waals surface area contributed by atoms with Gasteiger partial charge in [-0.25, -0.2) is 18.7 Å². The van der Waals surface area contributed by atoms with Gasteiger partial charge < -0.3 is 10.6 Å². The largest absolute Gasteiger partial charge is 0.370 e. The Balaban J connectivity index is 1.92. The molecule has 2 N–H and O–H groups in total. The molecule has 5 nitrogen and oxygen atoms in total. The summed E-state index contributed by atoms with van der Waals surface area (Å²) in [4.78, 5) is 21.5. The summed E-state index contributed by atoms with van der Waals surface area (Å²) in [6, 6.07) is 14.0. The number of halogens is 2. The molecule has 144 valence electrons. The molecule has 2 aromatic carbocycles. The number of rotatable bonds is 6. The van der Waals surface area contributed by atoms with Crippen LogP contribution in [0.15, 0.2) is 54.6 Å². The maximum atomic E-state index is 13.4. The number of benzene rings is 2. The number of anilines is 2. The summed E-state index contributed by atoms with van der Waals surface area (Å²) in [5, 5.41) is 5.72. The van der Waals surface area contributed by atoms with Crippen molar-refractivity contribution in [1.29, 1.82) is 0 Å². The normalized spacial score (nSPS) is 10.8. The zero-order valence-corrected chi connectivity index (χ0v) is 15.5. The zero-order valence-electron chi connectivity index (χ0n) is 15.5. The second-order valence-corrected chi connectivity index (χ2v) is 6.69. The molecule has 1 aromatic heterocycles. The summed E-state index contributed by atoms with van der Waals surface area (Å²) in [7, 11) is 0. The van der Waals surface area contributed by atoms with E-state index in [9.17, 15) is 13.6 Å². The molecule has 3 aromatic rings. The summed E-state index contributed by atoms with van der Waals surface area (Å²) in [6.07, 6.45) is 0. The van der Waals surface area contributed by atoms with Gasteiger partial charge in [0.05, 0.1) is 0 Å². The van der Waals surface area contributed by atoms with Crippen molar-refractivity contribution in [2.75, 3.05) is 17.2 Å². The smallest absolute Gasteiger partial charge is 0.274 e. The van der Waals surface area contributed by atoms with Gasteiger partial charge in [-0.2, -0.15) is 0 Å². The number of hydrogen-bond donors (Lipinski definition) is 2. The van der Waals surface area contributed by atoms with Gasteiger partial charge in [-0.1, -0.05) is 44.2 Å². The van der Waals surface area contributed by atoms with Gasteiger partial charge in [-0.15, -0.1) is 0 Å². The molecule has 0 aliphatic carbocycles. The van der Waals surface area contributed by atoms with Gasteiger partial charge in [-0.05, 0) is 18.1 Å². The molecule has 0 bridgehead atoms. The molecule has 1 amide bonds. The number of amides is 1. The molecule has 0 unspecified atom stereocenters. The summed E-state index contributed by atoms with van der Waals surface area (Å²) in [5.41, 5.74) is 1.02. The fourth-order valence-electron chi connectivity index (χ4n) is 2.45. The van der Waals surface area contributed by atoms with Crippen molar-refractivity contribution < 1.29 is 13.6 Å². The lowest BCUT2D eigenvalue weighted by Crippen LogP contribution is -2.17. The van der Waals surface area contributed by atoms with E-state index in [0.717, 1.165) is 17.7 Å². The first-order valence-electron chi connectivity index (χ1n) is 8.87. The summed E-state index contributed by atoms with van der Waals surface area (Å²) in [6.45, 7) is 4.79. The Morgan fingerprint density at radius 2 is 1.75 bits per heavy atom. The van der Waals surface area contributed by atoms with Crippen molar-refractivity contribution >= 4 is 17.4 Å². The number of aromatic nitrogens is 2. The Labute approximate surface area is 161 Å². The van der Waals surface area contributed by atoms with E-state index in [1.165, 1.54) is 12.1 Å². The SMILES string of the molecule is CC(C)CNc1cc(C(=O)Nc2ccc(F)c(F)c2)nc(-c2ccccc2)n1. The average Bonchev–Trinajstić information content (AvgIpc) is 2.69. The minimum Gasteiger partial charge on any atom is -0.370 e. The predicted molar refractivity (Wildman–Crippen MR) is 105 cm³/mol.